The normalized spacial score (nSPS) is 10.0. The molecule has 0 aromatic heterocycles. The van der Waals surface area contributed by atoms with Gasteiger partial charge in [-0.05, 0) is 48.2 Å². The van der Waals surface area contributed by atoms with Crippen LogP contribution in [0.25, 0.3) is 0 Å². The Labute approximate surface area is 154 Å². The molecule has 0 unspecified atom stereocenters. The number of ether oxygens (including phenoxy) is 2. The maximum absolute atomic E-state index is 12.0. The average Bonchev–Trinajstić information content (AvgIpc) is 2.61. The molecule has 2 aromatic rings. The molecule has 0 saturated heterocycles. The number of rotatable bonds is 7. The second kappa shape index (κ2) is 9.68. The molecule has 26 heavy (non-hydrogen) atoms. The Hall–Kier alpha value is -2.73. The van der Waals surface area contributed by atoms with Crippen molar-refractivity contribution in [1.82, 2.24) is 4.90 Å². The van der Waals surface area contributed by atoms with E-state index in [9.17, 15) is 4.79 Å². The Balaban J connectivity index is 0.00000338. The monoisotopic (exact) mass is 360 g/mol. The molecule has 0 aliphatic heterocycles. The fourth-order valence-corrected chi connectivity index (χ4v) is 2.66. The molecule has 0 fully saturated rings. The number of methoxy groups -OCH3 is 2. The van der Waals surface area contributed by atoms with Crippen molar-refractivity contribution in [3.05, 3.63) is 53.1 Å². The van der Waals surface area contributed by atoms with Crippen LogP contribution in [0.5, 0.6) is 11.5 Å². The Bertz CT molecular complexity index is 747. The Kier molecular flexibility index (Phi) is 7.93. The number of hydrogen-bond donors (Lipinski definition) is 1. The van der Waals surface area contributed by atoms with Gasteiger partial charge in [-0.1, -0.05) is 18.2 Å². The summed E-state index contributed by atoms with van der Waals surface area (Å²) in [5.41, 5.74) is 9.89. The van der Waals surface area contributed by atoms with Gasteiger partial charge in [0.25, 0.3) is 0 Å². The lowest BCUT2D eigenvalue weighted by atomic mass is 10.1. The quantitative estimate of drug-likeness (QED) is 0.767. The maximum Gasteiger partial charge on any atom is 0.219 e. The number of nitrogens with zero attached hydrogens (tertiary/aromatic N) is 1. The number of nitrogen functional groups attached to an aromatic ring is 1. The number of anilines is 1. The van der Waals surface area contributed by atoms with Gasteiger partial charge in [-0.2, -0.15) is 0 Å². The van der Waals surface area contributed by atoms with Crippen molar-refractivity contribution in [1.29, 1.82) is 0 Å². The van der Waals surface area contributed by atoms with Crippen LogP contribution in [-0.4, -0.2) is 37.0 Å². The Morgan fingerprint density at radius 2 is 1.69 bits per heavy atom. The molecule has 6 heteroatoms. The lowest BCUT2D eigenvalue weighted by molar-refractivity contribution is -0.129. The minimum absolute atomic E-state index is 0. The zero-order valence-electron chi connectivity index (χ0n) is 15.8. The van der Waals surface area contributed by atoms with Crippen LogP contribution in [0.4, 0.5) is 5.69 Å². The zero-order chi connectivity index (χ0) is 18.4. The molecule has 0 radical (unpaired) electrons. The number of benzene rings is 2. The Morgan fingerprint density at radius 1 is 1.04 bits per heavy atom. The first-order valence-corrected chi connectivity index (χ1v) is 8.26. The molecule has 0 aliphatic rings. The predicted octanol–water partition coefficient (Wildman–Crippen LogP) is 2.36. The molecule has 6 nitrogen and oxygen atoms in total. The lowest BCUT2D eigenvalue weighted by Crippen LogP contribution is -2.30. The molecule has 2 aromatic carbocycles. The largest absolute Gasteiger partial charge is 0.493 e. The summed E-state index contributed by atoms with van der Waals surface area (Å²) < 4.78 is 10.6. The molecule has 0 atom stereocenters. The standard InChI is InChI=1S/C20H26N2O3.H2O/c1-14-5-6-17(11-18(14)21)13-22(15(2)23)10-9-16-7-8-19(24-3)20(12-16)25-4;/h5-8,11-12H,9-10,13,21H2,1-4H3;1H2. The van der Waals surface area contributed by atoms with Gasteiger partial charge >= 0.3 is 0 Å². The summed E-state index contributed by atoms with van der Waals surface area (Å²) in [4.78, 5) is 13.8. The summed E-state index contributed by atoms with van der Waals surface area (Å²) in [6.45, 7) is 4.73. The first-order valence-electron chi connectivity index (χ1n) is 8.26. The van der Waals surface area contributed by atoms with Gasteiger partial charge in [0, 0.05) is 25.7 Å². The second-order valence-corrected chi connectivity index (χ2v) is 6.07. The van der Waals surface area contributed by atoms with Gasteiger partial charge in [-0.3, -0.25) is 4.79 Å². The van der Waals surface area contributed by atoms with E-state index in [4.69, 9.17) is 15.2 Å². The molecule has 2 rings (SSSR count). The fraction of sp³-hybridized carbons (Fsp3) is 0.350. The van der Waals surface area contributed by atoms with Crippen LogP contribution in [-0.2, 0) is 17.8 Å². The SMILES string of the molecule is COc1ccc(CCN(Cc2ccc(C)c(N)c2)C(C)=O)cc1OC.O. The highest BCUT2D eigenvalue weighted by molar-refractivity contribution is 5.73. The molecule has 0 spiro atoms. The molecule has 142 valence electrons. The smallest absolute Gasteiger partial charge is 0.219 e. The first-order chi connectivity index (χ1) is 11.9. The molecule has 0 heterocycles. The van der Waals surface area contributed by atoms with Crippen molar-refractivity contribution in [2.45, 2.75) is 26.8 Å². The number of carbonyl (C=O) groups excluding carboxylic acids is 1. The van der Waals surface area contributed by atoms with Crippen molar-refractivity contribution >= 4 is 11.6 Å². The van der Waals surface area contributed by atoms with Crippen LogP contribution >= 0.6 is 0 Å². The number of carbonyl (C=O) groups is 1. The first kappa shape index (κ1) is 21.3. The topological polar surface area (TPSA) is 96.3 Å². The summed E-state index contributed by atoms with van der Waals surface area (Å²) in [5.74, 6) is 1.44. The molecular weight excluding hydrogens is 332 g/mol. The number of nitrogens with two attached hydrogens (primary N) is 1. The van der Waals surface area contributed by atoms with E-state index < -0.39 is 0 Å². The zero-order valence-corrected chi connectivity index (χ0v) is 15.8. The third kappa shape index (κ3) is 5.39. The molecule has 0 saturated carbocycles. The third-order valence-electron chi connectivity index (χ3n) is 4.28. The minimum Gasteiger partial charge on any atom is -0.493 e. The predicted molar refractivity (Wildman–Crippen MR) is 104 cm³/mol. The molecule has 1 amide bonds. The molecular formula is C20H28N2O4. The van der Waals surface area contributed by atoms with Crippen LogP contribution in [0.2, 0.25) is 0 Å². The van der Waals surface area contributed by atoms with E-state index in [0.29, 0.717) is 24.6 Å². The van der Waals surface area contributed by atoms with Crippen molar-refractivity contribution in [3.8, 4) is 11.5 Å². The average molecular weight is 360 g/mol. The Morgan fingerprint density at radius 3 is 2.27 bits per heavy atom. The highest BCUT2D eigenvalue weighted by atomic mass is 16.5. The molecule has 0 bridgehead atoms. The maximum atomic E-state index is 12.0. The summed E-state index contributed by atoms with van der Waals surface area (Å²) in [6, 6.07) is 11.7. The van der Waals surface area contributed by atoms with Gasteiger partial charge in [0.15, 0.2) is 11.5 Å². The van der Waals surface area contributed by atoms with Crippen molar-refractivity contribution < 1.29 is 19.7 Å². The van der Waals surface area contributed by atoms with Gasteiger partial charge in [0.05, 0.1) is 14.2 Å². The van der Waals surface area contributed by atoms with E-state index in [1.165, 1.54) is 0 Å². The molecule has 4 N–H and O–H groups in total. The number of amides is 1. The van der Waals surface area contributed by atoms with Crippen LogP contribution in [0.15, 0.2) is 36.4 Å². The fourth-order valence-electron chi connectivity index (χ4n) is 2.66. The highest BCUT2D eigenvalue weighted by Crippen LogP contribution is 2.27. The van der Waals surface area contributed by atoms with E-state index in [1.807, 2.05) is 48.2 Å². The lowest BCUT2D eigenvalue weighted by Gasteiger charge is -2.22. The van der Waals surface area contributed by atoms with E-state index >= 15 is 0 Å². The summed E-state index contributed by atoms with van der Waals surface area (Å²) >= 11 is 0. The van der Waals surface area contributed by atoms with Crippen LogP contribution in [0.1, 0.15) is 23.6 Å². The molecule has 0 aliphatic carbocycles. The van der Waals surface area contributed by atoms with Gasteiger partial charge in [0.1, 0.15) is 0 Å². The van der Waals surface area contributed by atoms with Crippen molar-refractivity contribution in [2.75, 3.05) is 26.5 Å². The van der Waals surface area contributed by atoms with E-state index in [-0.39, 0.29) is 11.4 Å². The second-order valence-electron chi connectivity index (χ2n) is 6.07. The number of aryl methyl sites for hydroxylation is 1. The van der Waals surface area contributed by atoms with Crippen molar-refractivity contribution in [3.63, 3.8) is 0 Å². The summed E-state index contributed by atoms with van der Waals surface area (Å²) in [7, 11) is 3.23. The third-order valence-corrected chi connectivity index (χ3v) is 4.28. The van der Waals surface area contributed by atoms with Gasteiger partial charge in [-0.15, -0.1) is 0 Å². The van der Waals surface area contributed by atoms with E-state index in [0.717, 1.165) is 28.8 Å². The number of hydrogen-bond acceptors (Lipinski definition) is 4. The van der Waals surface area contributed by atoms with Crippen LogP contribution in [0, 0.1) is 6.92 Å². The van der Waals surface area contributed by atoms with Crippen LogP contribution in [0.3, 0.4) is 0 Å². The van der Waals surface area contributed by atoms with Gasteiger partial charge in [-0.25, -0.2) is 0 Å². The highest BCUT2D eigenvalue weighted by Gasteiger charge is 2.11. The summed E-state index contributed by atoms with van der Waals surface area (Å²) in [5, 5.41) is 0. The van der Waals surface area contributed by atoms with Crippen LogP contribution < -0.4 is 15.2 Å². The van der Waals surface area contributed by atoms with Gasteiger partial charge in [0.2, 0.25) is 5.91 Å². The minimum atomic E-state index is 0. The van der Waals surface area contributed by atoms with E-state index in [2.05, 4.69) is 0 Å². The summed E-state index contributed by atoms with van der Waals surface area (Å²) in [6.07, 6.45) is 0.737. The van der Waals surface area contributed by atoms with E-state index in [1.54, 1.807) is 21.1 Å². The van der Waals surface area contributed by atoms with Gasteiger partial charge < -0.3 is 25.6 Å². The van der Waals surface area contributed by atoms with Crippen molar-refractivity contribution in [2.24, 2.45) is 0 Å².